The van der Waals surface area contributed by atoms with Crippen molar-refractivity contribution in [2.45, 2.75) is 44.4 Å². The fraction of sp³-hybridized carbons (Fsp3) is 0.550. The van der Waals surface area contributed by atoms with Crippen LogP contribution in [-0.4, -0.2) is 42.1 Å². The van der Waals surface area contributed by atoms with Crippen molar-refractivity contribution >= 4 is 17.7 Å². The van der Waals surface area contributed by atoms with Gasteiger partial charge in [-0.05, 0) is 30.4 Å². The van der Waals surface area contributed by atoms with Gasteiger partial charge in [0.25, 0.3) is 5.22 Å². The molecule has 3 atom stereocenters. The van der Waals surface area contributed by atoms with Gasteiger partial charge in [-0.3, -0.25) is 4.79 Å². The van der Waals surface area contributed by atoms with Crippen LogP contribution in [0.4, 0.5) is 0 Å². The number of ether oxygens (including phenoxy) is 2. The molecule has 1 N–H and O–H groups in total. The summed E-state index contributed by atoms with van der Waals surface area (Å²) in [5, 5.41) is 11.6. The third-order valence-corrected chi connectivity index (χ3v) is 6.20. The fourth-order valence-electron chi connectivity index (χ4n) is 3.48. The SMILES string of the molecule is COc1cc(OC)cc(-c2nnc(SCC(=O)N[C@@H]3CCC[C@@H](C)[C@H]3C)o2)c1. The molecule has 1 aromatic carbocycles. The summed E-state index contributed by atoms with van der Waals surface area (Å²) < 4.78 is 16.2. The third kappa shape index (κ3) is 4.98. The number of amides is 1. The summed E-state index contributed by atoms with van der Waals surface area (Å²) in [6.45, 7) is 4.47. The highest BCUT2D eigenvalue weighted by molar-refractivity contribution is 7.99. The second-order valence-corrected chi connectivity index (χ2v) is 8.13. The van der Waals surface area contributed by atoms with Crippen LogP contribution in [0.5, 0.6) is 11.5 Å². The number of aromatic nitrogens is 2. The molecule has 152 valence electrons. The summed E-state index contributed by atoms with van der Waals surface area (Å²) in [6, 6.07) is 5.61. The molecule has 1 aromatic heterocycles. The van der Waals surface area contributed by atoms with Crippen LogP contribution in [0.25, 0.3) is 11.5 Å². The largest absolute Gasteiger partial charge is 0.497 e. The molecule has 0 spiro atoms. The molecule has 0 radical (unpaired) electrons. The van der Waals surface area contributed by atoms with Crippen LogP contribution in [0.1, 0.15) is 33.1 Å². The van der Waals surface area contributed by atoms with Gasteiger partial charge in [-0.1, -0.05) is 38.5 Å². The minimum Gasteiger partial charge on any atom is -0.497 e. The molecule has 1 fully saturated rings. The second kappa shape index (κ2) is 9.32. The minimum absolute atomic E-state index is 0.00116. The number of methoxy groups -OCH3 is 2. The number of nitrogens with one attached hydrogen (secondary N) is 1. The highest BCUT2D eigenvalue weighted by Gasteiger charge is 2.28. The van der Waals surface area contributed by atoms with E-state index in [0.29, 0.717) is 40.0 Å². The lowest BCUT2D eigenvalue weighted by Crippen LogP contribution is -2.44. The Kier molecular flexibility index (Phi) is 6.83. The summed E-state index contributed by atoms with van der Waals surface area (Å²) in [4.78, 5) is 12.3. The zero-order valence-corrected chi connectivity index (χ0v) is 17.5. The number of carbonyl (C=O) groups is 1. The molecule has 2 aromatic rings. The van der Waals surface area contributed by atoms with Crippen molar-refractivity contribution in [2.24, 2.45) is 11.8 Å². The predicted octanol–water partition coefficient (Wildman–Crippen LogP) is 3.79. The molecule has 0 bridgehead atoms. The van der Waals surface area contributed by atoms with E-state index in [4.69, 9.17) is 13.9 Å². The first-order valence-electron chi connectivity index (χ1n) is 9.49. The van der Waals surface area contributed by atoms with Crippen LogP contribution in [-0.2, 0) is 4.79 Å². The van der Waals surface area contributed by atoms with Gasteiger partial charge in [0.15, 0.2) is 0 Å². The number of benzene rings is 1. The number of nitrogens with zero attached hydrogens (tertiary/aromatic N) is 2. The molecular formula is C20H27N3O4S. The molecule has 28 heavy (non-hydrogen) atoms. The number of rotatable bonds is 7. The third-order valence-electron chi connectivity index (χ3n) is 5.38. The normalized spacial score (nSPS) is 21.9. The number of hydrogen-bond donors (Lipinski definition) is 1. The first-order chi connectivity index (χ1) is 13.5. The van der Waals surface area contributed by atoms with Crippen molar-refractivity contribution in [1.29, 1.82) is 0 Å². The number of thioether (sulfide) groups is 1. The van der Waals surface area contributed by atoms with E-state index in [1.807, 2.05) is 0 Å². The summed E-state index contributed by atoms with van der Waals surface area (Å²) in [6.07, 6.45) is 3.45. The topological polar surface area (TPSA) is 86.5 Å². The average Bonchev–Trinajstić information content (AvgIpc) is 3.18. The Morgan fingerprint density at radius 2 is 1.89 bits per heavy atom. The van der Waals surface area contributed by atoms with Crippen molar-refractivity contribution < 1.29 is 18.7 Å². The maximum absolute atomic E-state index is 12.3. The Hall–Kier alpha value is -2.22. The predicted molar refractivity (Wildman–Crippen MR) is 108 cm³/mol. The smallest absolute Gasteiger partial charge is 0.277 e. The van der Waals surface area contributed by atoms with Crippen LogP contribution in [0.15, 0.2) is 27.8 Å². The summed E-state index contributed by atoms with van der Waals surface area (Å²) in [7, 11) is 3.17. The lowest BCUT2D eigenvalue weighted by molar-refractivity contribution is -0.120. The highest BCUT2D eigenvalue weighted by Crippen LogP contribution is 2.31. The molecule has 0 unspecified atom stereocenters. The Balaban J connectivity index is 1.58. The highest BCUT2D eigenvalue weighted by atomic mass is 32.2. The molecule has 8 heteroatoms. The standard InChI is InChI=1S/C20H27N3O4S/c1-12-6-5-7-17(13(12)2)21-18(24)11-28-20-23-22-19(27-20)14-8-15(25-3)10-16(9-14)26-4/h8-10,12-13,17H,5-7,11H2,1-4H3,(H,21,24)/t12-,13-,17-/m1/s1. The molecule has 0 aliphatic heterocycles. The molecule has 1 amide bonds. The lowest BCUT2D eigenvalue weighted by atomic mass is 9.78. The second-order valence-electron chi connectivity index (χ2n) is 7.20. The monoisotopic (exact) mass is 405 g/mol. The van der Waals surface area contributed by atoms with E-state index in [2.05, 4.69) is 29.4 Å². The molecule has 7 nitrogen and oxygen atoms in total. The van der Waals surface area contributed by atoms with Gasteiger partial charge in [-0.15, -0.1) is 10.2 Å². The van der Waals surface area contributed by atoms with E-state index >= 15 is 0 Å². The summed E-state index contributed by atoms with van der Waals surface area (Å²) >= 11 is 1.24. The molecule has 1 aliphatic rings. The van der Waals surface area contributed by atoms with E-state index in [9.17, 15) is 4.79 Å². The van der Waals surface area contributed by atoms with E-state index < -0.39 is 0 Å². The Morgan fingerprint density at radius 1 is 1.18 bits per heavy atom. The zero-order valence-electron chi connectivity index (χ0n) is 16.7. The average molecular weight is 406 g/mol. The van der Waals surface area contributed by atoms with Crippen molar-refractivity contribution in [3.05, 3.63) is 18.2 Å². The van der Waals surface area contributed by atoms with Gasteiger partial charge in [0.1, 0.15) is 11.5 Å². The van der Waals surface area contributed by atoms with Crippen LogP contribution in [0.2, 0.25) is 0 Å². The van der Waals surface area contributed by atoms with Crippen molar-refractivity contribution in [2.75, 3.05) is 20.0 Å². The van der Waals surface area contributed by atoms with Gasteiger partial charge in [0.2, 0.25) is 11.8 Å². The molecule has 1 heterocycles. The molecular weight excluding hydrogens is 378 g/mol. The van der Waals surface area contributed by atoms with Gasteiger partial charge in [0, 0.05) is 17.7 Å². The van der Waals surface area contributed by atoms with Gasteiger partial charge in [-0.2, -0.15) is 0 Å². The first-order valence-corrected chi connectivity index (χ1v) is 10.5. The van der Waals surface area contributed by atoms with Gasteiger partial charge >= 0.3 is 0 Å². The van der Waals surface area contributed by atoms with E-state index in [-0.39, 0.29) is 17.7 Å². The van der Waals surface area contributed by atoms with Crippen LogP contribution >= 0.6 is 11.8 Å². The fourth-order valence-corrected chi connectivity index (χ4v) is 4.05. The first kappa shape index (κ1) is 20.5. The maximum atomic E-state index is 12.3. The van der Waals surface area contributed by atoms with Gasteiger partial charge in [0.05, 0.1) is 20.0 Å². The van der Waals surface area contributed by atoms with Crippen molar-refractivity contribution in [1.82, 2.24) is 15.5 Å². The molecule has 0 saturated heterocycles. The Labute approximate surface area is 169 Å². The molecule has 3 rings (SSSR count). The lowest BCUT2D eigenvalue weighted by Gasteiger charge is -2.34. The Bertz CT molecular complexity index is 788. The van der Waals surface area contributed by atoms with E-state index in [0.717, 1.165) is 6.42 Å². The van der Waals surface area contributed by atoms with Crippen molar-refractivity contribution in [3.8, 4) is 23.0 Å². The maximum Gasteiger partial charge on any atom is 0.277 e. The van der Waals surface area contributed by atoms with Crippen molar-refractivity contribution in [3.63, 3.8) is 0 Å². The number of carbonyl (C=O) groups excluding carboxylic acids is 1. The van der Waals surface area contributed by atoms with E-state index in [1.54, 1.807) is 32.4 Å². The summed E-state index contributed by atoms with van der Waals surface area (Å²) in [5.74, 6) is 3.02. The Morgan fingerprint density at radius 3 is 2.57 bits per heavy atom. The van der Waals surface area contributed by atoms with Crippen LogP contribution in [0.3, 0.4) is 0 Å². The van der Waals surface area contributed by atoms with Gasteiger partial charge < -0.3 is 19.2 Å². The zero-order chi connectivity index (χ0) is 20.1. The minimum atomic E-state index is -0.00116. The molecule has 1 saturated carbocycles. The van der Waals surface area contributed by atoms with Crippen LogP contribution in [0, 0.1) is 11.8 Å². The quantitative estimate of drug-likeness (QED) is 0.701. The summed E-state index contributed by atoms with van der Waals surface area (Å²) in [5.41, 5.74) is 0.699. The number of hydrogen-bond acceptors (Lipinski definition) is 7. The van der Waals surface area contributed by atoms with Crippen LogP contribution < -0.4 is 14.8 Å². The van der Waals surface area contributed by atoms with E-state index in [1.165, 1.54) is 24.6 Å². The molecule has 1 aliphatic carbocycles. The van der Waals surface area contributed by atoms with Gasteiger partial charge in [-0.25, -0.2) is 0 Å².